The molecule has 1 aromatic heterocycles. The highest BCUT2D eigenvalue weighted by atomic mass is 19.2. The molecule has 0 bridgehead atoms. The molecule has 4 nitrogen and oxygen atoms in total. The van der Waals surface area contributed by atoms with Crippen LogP contribution >= 0.6 is 0 Å². The Hall–Kier alpha value is -2.24. The second-order valence-electron chi connectivity index (χ2n) is 3.13. The number of hydrogen-bond donors (Lipinski definition) is 2. The molecule has 1 heterocycles. The van der Waals surface area contributed by atoms with Gasteiger partial charge in [0.15, 0.2) is 11.6 Å². The van der Waals surface area contributed by atoms with Crippen molar-refractivity contribution < 1.29 is 13.9 Å². The van der Waals surface area contributed by atoms with E-state index in [4.69, 9.17) is 0 Å². The molecule has 0 aliphatic heterocycles. The molecular formula is C10H5F2NO3. The van der Waals surface area contributed by atoms with Crippen molar-refractivity contribution in [1.82, 2.24) is 4.98 Å². The predicted octanol–water partition coefficient (Wildman–Crippen LogP) is 0.872. The molecule has 16 heavy (non-hydrogen) atoms. The molecule has 1 aromatic carbocycles. The second-order valence-corrected chi connectivity index (χ2v) is 3.13. The van der Waals surface area contributed by atoms with Crippen LogP contribution in [-0.4, -0.2) is 10.1 Å². The lowest BCUT2D eigenvalue weighted by Crippen LogP contribution is -2.22. The highest BCUT2D eigenvalue weighted by molar-refractivity contribution is 5.84. The maximum absolute atomic E-state index is 13.3. The average Bonchev–Trinajstić information content (AvgIpc) is 2.33. The lowest BCUT2D eigenvalue weighted by atomic mass is 10.2. The Labute approximate surface area is 86.8 Å². The summed E-state index contributed by atoms with van der Waals surface area (Å²) in [6.07, 6.45) is 0. The number of fused-ring (bicyclic) bond motifs is 1. The fraction of sp³-hybridized carbons (Fsp3) is 0. The minimum absolute atomic E-state index is 0.141. The van der Waals surface area contributed by atoms with Crippen molar-refractivity contribution in [2.45, 2.75) is 0 Å². The molecule has 0 unspecified atom stereocenters. The zero-order valence-corrected chi connectivity index (χ0v) is 7.75. The van der Waals surface area contributed by atoms with Crippen LogP contribution in [0.15, 0.2) is 27.8 Å². The Balaban J connectivity index is 3.17. The van der Waals surface area contributed by atoms with E-state index in [2.05, 4.69) is 0 Å². The van der Waals surface area contributed by atoms with E-state index in [1.54, 1.807) is 0 Å². The first-order chi connectivity index (χ1) is 7.50. The maximum Gasteiger partial charge on any atom is 0.296 e. The highest BCUT2D eigenvalue weighted by Gasteiger charge is 2.10. The maximum atomic E-state index is 13.3. The van der Waals surface area contributed by atoms with Gasteiger partial charge in [-0.25, -0.2) is 8.78 Å². The largest absolute Gasteiger partial charge is 0.507 e. The third-order valence-electron chi connectivity index (χ3n) is 2.10. The van der Waals surface area contributed by atoms with Gasteiger partial charge in [0.25, 0.3) is 5.56 Å². The summed E-state index contributed by atoms with van der Waals surface area (Å²) in [5, 5.41) is 9.26. The molecular weight excluding hydrogens is 220 g/mol. The van der Waals surface area contributed by atoms with E-state index in [1.165, 1.54) is 0 Å². The molecule has 82 valence electrons. The molecule has 2 N–H and O–H groups in total. The van der Waals surface area contributed by atoms with E-state index in [1.807, 2.05) is 4.98 Å². The Kier molecular flexibility index (Phi) is 2.19. The quantitative estimate of drug-likeness (QED) is 0.653. The number of benzene rings is 1. The first-order valence-corrected chi connectivity index (χ1v) is 4.25. The molecule has 0 fully saturated rings. The fourth-order valence-corrected chi connectivity index (χ4v) is 1.33. The van der Waals surface area contributed by atoms with Crippen molar-refractivity contribution in [3.63, 3.8) is 0 Å². The van der Waals surface area contributed by atoms with Crippen molar-refractivity contribution >= 4 is 10.9 Å². The van der Waals surface area contributed by atoms with Crippen LogP contribution in [0.2, 0.25) is 0 Å². The lowest BCUT2D eigenvalue weighted by Gasteiger charge is -1.97. The number of nitrogens with one attached hydrogen (secondary N) is 1. The number of aromatic hydroxyl groups is 1. The summed E-state index contributed by atoms with van der Waals surface area (Å²) in [7, 11) is 0. The van der Waals surface area contributed by atoms with Crippen LogP contribution in [0.4, 0.5) is 8.78 Å². The van der Waals surface area contributed by atoms with Crippen LogP contribution in [0, 0.1) is 11.6 Å². The zero-order valence-electron chi connectivity index (χ0n) is 7.75. The van der Waals surface area contributed by atoms with E-state index in [0.29, 0.717) is 6.07 Å². The Morgan fingerprint density at radius 1 is 1.19 bits per heavy atom. The molecule has 0 atom stereocenters. The topological polar surface area (TPSA) is 70.2 Å². The molecule has 0 spiro atoms. The van der Waals surface area contributed by atoms with Crippen molar-refractivity contribution in [3.8, 4) is 5.75 Å². The molecule has 2 rings (SSSR count). The number of halogens is 2. The molecule has 6 heteroatoms. The minimum atomic E-state index is -1.32. The Morgan fingerprint density at radius 3 is 2.56 bits per heavy atom. The van der Waals surface area contributed by atoms with Crippen LogP contribution in [0.3, 0.4) is 0 Å². The first-order valence-electron chi connectivity index (χ1n) is 4.25. The SMILES string of the molecule is O=c1cc(O)c2ccc(F)c(F)c2[nH]c1=O. The van der Waals surface area contributed by atoms with Gasteiger partial charge < -0.3 is 10.1 Å². The molecule has 2 aromatic rings. The number of aromatic nitrogens is 1. The van der Waals surface area contributed by atoms with Gasteiger partial charge in [-0.3, -0.25) is 9.59 Å². The van der Waals surface area contributed by atoms with Gasteiger partial charge in [0, 0.05) is 11.5 Å². The van der Waals surface area contributed by atoms with Gasteiger partial charge in [-0.05, 0) is 12.1 Å². The van der Waals surface area contributed by atoms with E-state index in [0.717, 1.165) is 12.1 Å². The van der Waals surface area contributed by atoms with Crippen molar-refractivity contribution in [1.29, 1.82) is 0 Å². The summed E-state index contributed by atoms with van der Waals surface area (Å²) in [5.74, 6) is -3.08. The van der Waals surface area contributed by atoms with Crippen LogP contribution in [-0.2, 0) is 0 Å². The fourth-order valence-electron chi connectivity index (χ4n) is 1.33. The number of H-pyrrole nitrogens is 1. The van der Waals surface area contributed by atoms with Crippen LogP contribution < -0.4 is 11.0 Å². The number of hydrogen-bond acceptors (Lipinski definition) is 3. The average molecular weight is 225 g/mol. The van der Waals surface area contributed by atoms with Gasteiger partial charge in [0.1, 0.15) is 5.75 Å². The summed E-state index contributed by atoms with van der Waals surface area (Å²) >= 11 is 0. The van der Waals surface area contributed by atoms with Crippen LogP contribution in [0.1, 0.15) is 0 Å². The molecule has 0 aliphatic rings. The van der Waals surface area contributed by atoms with Gasteiger partial charge in [-0.1, -0.05) is 0 Å². The van der Waals surface area contributed by atoms with E-state index >= 15 is 0 Å². The van der Waals surface area contributed by atoms with E-state index in [-0.39, 0.29) is 5.39 Å². The third-order valence-corrected chi connectivity index (χ3v) is 2.10. The summed E-state index contributed by atoms with van der Waals surface area (Å²) in [4.78, 5) is 24.0. The predicted molar refractivity (Wildman–Crippen MR) is 52.4 cm³/mol. The summed E-state index contributed by atoms with van der Waals surface area (Å²) in [5.41, 5.74) is -2.70. The zero-order chi connectivity index (χ0) is 11.9. The first kappa shape index (κ1) is 10.3. The van der Waals surface area contributed by atoms with Crippen molar-refractivity contribution in [2.24, 2.45) is 0 Å². The Morgan fingerprint density at radius 2 is 1.88 bits per heavy atom. The molecule has 0 amide bonds. The monoisotopic (exact) mass is 225 g/mol. The molecule has 0 aliphatic carbocycles. The van der Waals surface area contributed by atoms with Gasteiger partial charge in [-0.2, -0.15) is 0 Å². The van der Waals surface area contributed by atoms with Crippen LogP contribution in [0.5, 0.6) is 5.75 Å². The number of rotatable bonds is 0. The normalized spacial score (nSPS) is 10.6. The van der Waals surface area contributed by atoms with Crippen LogP contribution in [0.25, 0.3) is 10.9 Å². The van der Waals surface area contributed by atoms with E-state index in [9.17, 15) is 23.5 Å². The molecule has 0 radical (unpaired) electrons. The van der Waals surface area contributed by atoms with Gasteiger partial charge in [-0.15, -0.1) is 0 Å². The lowest BCUT2D eigenvalue weighted by molar-refractivity contribution is 0.480. The second kappa shape index (κ2) is 3.41. The summed E-state index contributed by atoms with van der Waals surface area (Å²) < 4.78 is 26.2. The smallest absolute Gasteiger partial charge is 0.296 e. The standard InChI is InChI=1S/C10H5F2NO3/c11-5-2-1-4-6(14)3-7(15)10(16)13-9(4)8(5)12/h1-3,14H,(H,13,15,16). The van der Waals surface area contributed by atoms with Gasteiger partial charge >= 0.3 is 0 Å². The van der Waals surface area contributed by atoms with Gasteiger partial charge in [0.05, 0.1) is 5.52 Å². The van der Waals surface area contributed by atoms with Gasteiger partial charge in [0.2, 0.25) is 5.43 Å². The number of aromatic amines is 1. The van der Waals surface area contributed by atoms with Crippen molar-refractivity contribution in [3.05, 3.63) is 50.4 Å². The molecule has 0 saturated heterocycles. The highest BCUT2D eigenvalue weighted by Crippen LogP contribution is 2.23. The summed E-state index contributed by atoms with van der Waals surface area (Å²) in [6.45, 7) is 0. The van der Waals surface area contributed by atoms with E-state index < -0.39 is 33.9 Å². The Bertz CT molecular complexity index is 694. The van der Waals surface area contributed by atoms with Crippen molar-refractivity contribution in [2.75, 3.05) is 0 Å². The summed E-state index contributed by atoms with van der Waals surface area (Å²) in [6, 6.07) is 2.51. The molecule has 0 saturated carbocycles. The third kappa shape index (κ3) is 1.44. The minimum Gasteiger partial charge on any atom is -0.507 e.